The number of sulfone groups is 1. The molecule has 43 heavy (non-hydrogen) atoms. The Kier molecular flexibility index (Phi) is 7.22. The van der Waals surface area contributed by atoms with E-state index in [9.17, 15) is 13.2 Å². The van der Waals surface area contributed by atoms with Crippen LogP contribution in [0.3, 0.4) is 0 Å². The van der Waals surface area contributed by atoms with Gasteiger partial charge in [0.15, 0.2) is 9.84 Å². The lowest BCUT2D eigenvalue weighted by Crippen LogP contribution is -2.49. The molecular formula is C37H38N2O3S. The molecule has 2 saturated heterocycles. The first kappa shape index (κ1) is 28.1. The van der Waals surface area contributed by atoms with Crippen molar-refractivity contribution in [2.24, 2.45) is 5.92 Å². The second-order valence-electron chi connectivity index (χ2n) is 12.5. The van der Waals surface area contributed by atoms with Crippen molar-refractivity contribution in [1.82, 2.24) is 10.2 Å². The Morgan fingerprint density at radius 1 is 0.907 bits per heavy atom. The number of allylic oxidation sites excluding steroid dienone is 5. The van der Waals surface area contributed by atoms with Crippen LogP contribution in [0.25, 0.3) is 11.6 Å². The highest BCUT2D eigenvalue weighted by Gasteiger charge is 2.47. The van der Waals surface area contributed by atoms with Gasteiger partial charge in [-0.2, -0.15) is 0 Å². The van der Waals surface area contributed by atoms with Crippen molar-refractivity contribution in [2.75, 3.05) is 25.9 Å². The molecule has 5 nitrogen and oxygen atoms in total. The summed E-state index contributed by atoms with van der Waals surface area (Å²) in [5, 5.41) is 3.54. The van der Waals surface area contributed by atoms with E-state index >= 15 is 0 Å². The van der Waals surface area contributed by atoms with Gasteiger partial charge in [-0.05, 0) is 65.1 Å². The lowest BCUT2D eigenvalue weighted by atomic mass is 9.70. The molecule has 2 heterocycles. The van der Waals surface area contributed by atoms with Gasteiger partial charge in [0.1, 0.15) is 0 Å². The summed E-state index contributed by atoms with van der Waals surface area (Å²) in [6.07, 6.45) is 12.6. The molecule has 1 N–H and O–H groups in total. The van der Waals surface area contributed by atoms with Gasteiger partial charge in [0.05, 0.1) is 12.0 Å². The summed E-state index contributed by atoms with van der Waals surface area (Å²) in [6.45, 7) is 2.11. The number of hydrogen-bond acceptors (Lipinski definition) is 4. The summed E-state index contributed by atoms with van der Waals surface area (Å²) >= 11 is 0. The second-order valence-corrected chi connectivity index (χ2v) is 14.6. The summed E-state index contributed by atoms with van der Waals surface area (Å²) < 4.78 is 24.2. The van der Waals surface area contributed by atoms with E-state index in [2.05, 4.69) is 89.1 Å². The summed E-state index contributed by atoms with van der Waals surface area (Å²) in [6, 6.07) is 27.6. The summed E-state index contributed by atoms with van der Waals surface area (Å²) in [7, 11) is -3.19. The molecule has 220 valence electrons. The predicted molar refractivity (Wildman–Crippen MR) is 173 cm³/mol. The molecule has 1 spiro atoms. The van der Waals surface area contributed by atoms with Crippen molar-refractivity contribution < 1.29 is 13.2 Å². The van der Waals surface area contributed by atoms with Crippen LogP contribution in [0, 0.1) is 5.92 Å². The van der Waals surface area contributed by atoms with E-state index in [-0.39, 0.29) is 29.2 Å². The second kappa shape index (κ2) is 11.1. The molecule has 0 bridgehead atoms. The van der Waals surface area contributed by atoms with E-state index in [1.54, 1.807) is 6.08 Å². The zero-order chi connectivity index (χ0) is 29.6. The van der Waals surface area contributed by atoms with Gasteiger partial charge in [0.2, 0.25) is 5.91 Å². The molecular weight excluding hydrogens is 552 g/mol. The van der Waals surface area contributed by atoms with Crippen LogP contribution in [-0.2, 0) is 20.0 Å². The van der Waals surface area contributed by atoms with Crippen molar-refractivity contribution in [3.63, 3.8) is 0 Å². The van der Waals surface area contributed by atoms with Gasteiger partial charge < -0.3 is 10.2 Å². The number of carbonyl (C=O) groups is 1. The topological polar surface area (TPSA) is 66.5 Å². The van der Waals surface area contributed by atoms with E-state index in [4.69, 9.17) is 0 Å². The number of nitrogens with zero attached hydrogens (tertiary/aromatic N) is 1. The minimum absolute atomic E-state index is 0.00430. The first-order chi connectivity index (χ1) is 20.8. The molecule has 4 aliphatic rings. The number of hydrogen-bond donors (Lipinski definition) is 1. The van der Waals surface area contributed by atoms with Crippen LogP contribution in [0.5, 0.6) is 0 Å². The van der Waals surface area contributed by atoms with E-state index in [1.165, 1.54) is 28.5 Å². The zero-order valence-corrected chi connectivity index (χ0v) is 25.4. The Morgan fingerprint density at radius 3 is 2.47 bits per heavy atom. The Bertz CT molecular complexity index is 1760. The molecule has 2 unspecified atom stereocenters. The molecule has 0 saturated carbocycles. The van der Waals surface area contributed by atoms with E-state index in [1.807, 2.05) is 18.2 Å². The number of nitrogens with one attached hydrogen (secondary N) is 1. The molecule has 2 aliphatic carbocycles. The third kappa shape index (κ3) is 5.11. The summed E-state index contributed by atoms with van der Waals surface area (Å²) in [5.41, 5.74) is 7.24. The Labute approximate surface area is 254 Å². The number of fused-ring (bicyclic) bond motifs is 2. The van der Waals surface area contributed by atoms with Crippen LogP contribution in [0.15, 0.2) is 102 Å². The molecule has 6 heteroatoms. The summed E-state index contributed by atoms with van der Waals surface area (Å²) in [4.78, 5) is 17.3. The largest absolute Gasteiger partial charge is 0.335 e. The van der Waals surface area contributed by atoms with Crippen molar-refractivity contribution in [3.05, 3.63) is 130 Å². The molecule has 7 rings (SSSR count). The highest BCUT2D eigenvalue weighted by atomic mass is 32.2. The van der Waals surface area contributed by atoms with E-state index in [0.29, 0.717) is 30.8 Å². The molecule has 3 aromatic rings. The maximum absolute atomic E-state index is 14.6. The van der Waals surface area contributed by atoms with Gasteiger partial charge >= 0.3 is 0 Å². The number of likely N-dealkylation sites (tertiary alicyclic amines) is 1. The van der Waals surface area contributed by atoms with Crippen LogP contribution in [0.2, 0.25) is 0 Å². The average molecular weight is 591 g/mol. The molecule has 4 atom stereocenters. The van der Waals surface area contributed by atoms with Gasteiger partial charge in [-0.1, -0.05) is 97.1 Å². The van der Waals surface area contributed by atoms with Crippen molar-refractivity contribution >= 4 is 27.4 Å². The fourth-order valence-electron chi connectivity index (χ4n) is 7.84. The molecule has 1 amide bonds. The Hall–Kier alpha value is -3.74. The first-order valence-electron chi connectivity index (χ1n) is 15.4. The third-order valence-electron chi connectivity index (χ3n) is 10.1. The van der Waals surface area contributed by atoms with Crippen LogP contribution in [0.4, 0.5) is 0 Å². The number of amides is 1. The van der Waals surface area contributed by atoms with Crippen LogP contribution in [-0.4, -0.2) is 45.1 Å². The molecule has 0 radical (unpaired) electrons. The monoisotopic (exact) mass is 590 g/mol. The first-order valence-corrected chi connectivity index (χ1v) is 17.3. The van der Waals surface area contributed by atoms with Crippen molar-refractivity contribution in [3.8, 4) is 0 Å². The highest BCUT2D eigenvalue weighted by molar-refractivity contribution is 7.94. The highest BCUT2D eigenvalue weighted by Crippen LogP contribution is 2.50. The van der Waals surface area contributed by atoms with Crippen LogP contribution in [0.1, 0.15) is 65.5 Å². The number of piperidine rings is 1. The predicted octanol–water partition coefficient (Wildman–Crippen LogP) is 6.42. The number of rotatable bonds is 5. The quantitative estimate of drug-likeness (QED) is 0.372. The zero-order valence-electron chi connectivity index (χ0n) is 24.6. The van der Waals surface area contributed by atoms with Crippen LogP contribution >= 0.6 is 0 Å². The van der Waals surface area contributed by atoms with Gasteiger partial charge in [0, 0.05) is 42.1 Å². The maximum Gasteiger partial charge on any atom is 0.228 e. The smallest absolute Gasteiger partial charge is 0.228 e. The maximum atomic E-state index is 14.6. The van der Waals surface area contributed by atoms with E-state index in [0.717, 1.165) is 30.5 Å². The van der Waals surface area contributed by atoms with Gasteiger partial charge in [-0.15, -0.1) is 0 Å². The molecule has 2 aliphatic heterocycles. The number of benzene rings is 3. The Morgan fingerprint density at radius 2 is 1.67 bits per heavy atom. The van der Waals surface area contributed by atoms with Gasteiger partial charge in [0.25, 0.3) is 0 Å². The SMILES string of the molecule is CS(=O)(=O)C1=CC=C(c2ccccc2[C@@H]2CNC[C@H]2C(=O)N2CCC3(C=Cc4ccccc43)CC2c2ccccc2)CC1. The molecule has 0 aromatic heterocycles. The molecule has 3 aromatic carbocycles. The third-order valence-corrected chi connectivity index (χ3v) is 11.4. The normalized spacial score (nSPS) is 26.7. The Balaban J connectivity index is 1.20. The van der Waals surface area contributed by atoms with Crippen LogP contribution < -0.4 is 5.32 Å². The summed E-state index contributed by atoms with van der Waals surface area (Å²) in [5.74, 6) is 0.101. The van der Waals surface area contributed by atoms with Gasteiger partial charge in [-0.25, -0.2) is 8.42 Å². The van der Waals surface area contributed by atoms with Crippen molar-refractivity contribution in [2.45, 2.75) is 43.1 Å². The molecule has 2 fully saturated rings. The standard InChI is InChI=1S/C37H38N2O3S/c1-43(41,42)29-17-15-26(16-18-29)30-12-6-7-13-31(30)32-24-38-25-33(32)36(40)39-22-21-37(20-19-27-9-5-8-14-34(27)37)23-35(39)28-10-3-2-4-11-28/h2-15,17,19-20,32-33,35,38H,16,18,21-25H2,1H3/t32-,33+,35?,37?/m0/s1. The van der Waals surface area contributed by atoms with Crippen molar-refractivity contribution in [1.29, 1.82) is 0 Å². The minimum atomic E-state index is -3.19. The average Bonchev–Trinajstić information content (AvgIpc) is 3.67. The fraction of sp³-hybridized carbons (Fsp3) is 0.324. The minimum Gasteiger partial charge on any atom is -0.335 e. The van der Waals surface area contributed by atoms with Gasteiger partial charge in [-0.3, -0.25) is 4.79 Å². The van der Waals surface area contributed by atoms with E-state index < -0.39 is 9.84 Å². The lowest BCUT2D eigenvalue weighted by Gasteiger charge is -2.46. The number of carbonyl (C=O) groups excluding carboxylic acids is 1. The lowest BCUT2D eigenvalue weighted by molar-refractivity contribution is -0.140. The fourth-order valence-corrected chi connectivity index (χ4v) is 8.63.